The predicted molar refractivity (Wildman–Crippen MR) is 104 cm³/mol. The first-order valence-electron chi connectivity index (χ1n) is 8.27. The van der Waals surface area contributed by atoms with E-state index in [2.05, 4.69) is 60.6 Å². The Labute approximate surface area is 152 Å². The molecule has 2 heterocycles. The van der Waals surface area contributed by atoms with E-state index in [0.29, 0.717) is 6.54 Å². The number of aromatic nitrogens is 2. The molecule has 132 valence electrons. The van der Waals surface area contributed by atoms with Gasteiger partial charge in [0.05, 0.1) is 17.2 Å². The van der Waals surface area contributed by atoms with Crippen LogP contribution < -0.4 is 10.6 Å². The Bertz CT molecular complexity index is 667. The van der Waals surface area contributed by atoms with Crippen molar-refractivity contribution >= 4 is 28.6 Å². The van der Waals surface area contributed by atoms with Crippen LogP contribution in [0.2, 0.25) is 0 Å². The van der Waals surface area contributed by atoms with Crippen LogP contribution in [0.5, 0.6) is 0 Å². The average Bonchev–Trinajstić information content (AvgIpc) is 3.13. The second kappa shape index (κ2) is 8.58. The number of thiazole rings is 2. The standard InChI is InChI=1S/C17H27N5S2/c1-6-18-16(19-8-7-14-20-9-12(2)24-14)21-10-15-22-13(11-23-15)17(3,4)5/h9,11H,6-8,10H2,1-5H3,(H2,18,19,21). The van der Waals surface area contributed by atoms with E-state index in [1.54, 1.807) is 22.7 Å². The normalized spacial score (nSPS) is 12.5. The lowest BCUT2D eigenvalue weighted by Crippen LogP contribution is -2.38. The van der Waals surface area contributed by atoms with Crippen LogP contribution in [-0.2, 0) is 18.4 Å². The summed E-state index contributed by atoms with van der Waals surface area (Å²) in [6.07, 6.45) is 2.84. The van der Waals surface area contributed by atoms with Gasteiger partial charge in [-0.2, -0.15) is 0 Å². The molecule has 0 aliphatic carbocycles. The van der Waals surface area contributed by atoms with Gasteiger partial charge in [0.2, 0.25) is 0 Å². The van der Waals surface area contributed by atoms with E-state index >= 15 is 0 Å². The molecule has 24 heavy (non-hydrogen) atoms. The second-order valence-corrected chi connectivity index (χ2v) is 8.88. The summed E-state index contributed by atoms with van der Waals surface area (Å²) in [5.74, 6) is 0.832. The zero-order chi connectivity index (χ0) is 17.6. The Hall–Kier alpha value is -1.47. The van der Waals surface area contributed by atoms with Crippen molar-refractivity contribution in [3.05, 3.63) is 32.2 Å². The van der Waals surface area contributed by atoms with Crippen molar-refractivity contribution in [3.8, 4) is 0 Å². The SMILES string of the molecule is CCNC(=NCc1nc(C(C)(C)C)cs1)NCCc1ncc(C)s1. The summed E-state index contributed by atoms with van der Waals surface area (Å²) in [6, 6.07) is 0. The van der Waals surface area contributed by atoms with Gasteiger partial charge in [0.1, 0.15) is 5.01 Å². The highest BCUT2D eigenvalue weighted by molar-refractivity contribution is 7.11. The Morgan fingerprint density at radius 3 is 2.62 bits per heavy atom. The highest BCUT2D eigenvalue weighted by atomic mass is 32.1. The maximum Gasteiger partial charge on any atom is 0.191 e. The highest BCUT2D eigenvalue weighted by Crippen LogP contribution is 2.24. The number of nitrogens with zero attached hydrogens (tertiary/aromatic N) is 3. The van der Waals surface area contributed by atoms with Crippen molar-refractivity contribution in [1.82, 2.24) is 20.6 Å². The van der Waals surface area contributed by atoms with Crippen molar-refractivity contribution in [2.75, 3.05) is 13.1 Å². The first-order chi connectivity index (χ1) is 11.4. The Morgan fingerprint density at radius 2 is 2.04 bits per heavy atom. The van der Waals surface area contributed by atoms with Crippen LogP contribution in [-0.4, -0.2) is 29.0 Å². The van der Waals surface area contributed by atoms with Gasteiger partial charge in [0.25, 0.3) is 0 Å². The summed E-state index contributed by atoms with van der Waals surface area (Å²) >= 11 is 3.43. The summed E-state index contributed by atoms with van der Waals surface area (Å²) in [5, 5.41) is 11.0. The minimum absolute atomic E-state index is 0.0903. The molecule has 2 aromatic rings. The highest BCUT2D eigenvalue weighted by Gasteiger charge is 2.17. The molecule has 0 saturated heterocycles. The predicted octanol–water partition coefficient (Wildman–Crippen LogP) is 3.50. The smallest absolute Gasteiger partial charge is 0.191 e. The maximum absolute atomic E-state index is 4.69. The second-order valence-electron chi connectivity index (χ2n) is 6.61. The van der Waals surface area contributed by atoms with E-state index in [9.17, 15) is 0 Å². The first kappa shape index (κ1) is 18.9. The number of guanidine groups is 1. The van der Waals surface area contributed by atoms with E-state index in [1.165, 1.54) is 4.88 Å². The molecular formula is C17H27N5S2. The monoisotopic (exact) mass is 365 g/mol. The van der Waals surface area contributed by atoms with Gasteiger partial charge in [-0.05, 0) is 13.8 Å². The molecule has 0 bridgehead atoms. The van der Waals surface area contributed by atoms with Gasteiger partial charge in [-0.15, -0.1) is 22.7 Å². The Balaban J connectivity index is 1.89. The van der Waals surface area contributed by atoms with Gasteiger partial charge < -0.3 is 10.6 Å². The molecule has 0 spiro atoms. The molecule has 5 nitrogen and oxygen atoms in total. The van der Waals surface area contributed by atoms with E-state index in [-0.39, 0.29) is 5.41 Å². The number of nitrogens with one attached hydrogen (secondary N) is 2. The molecule has 0 radical (unpaired) electrons. The van der Waals surface area contributed by atoms with Gasteiger partial charge in [0.15, 0.2) is 5.96 Å². The van der Waals surface area contributed by atoms with Crippen LogP contribution in [0.1, 0.15) is 48.3 Å². The molecule has 0 saturated carbocycles. The molecule has 0 amide bonds. The molecule has 2 N–H and O–H groups in total. The lowest BCUT2D eigenvalue weighted by atomic mass is 9.93. The molecule has 0 fully saturated rings. The fourth-order valence-electron chi connectivity index (χ4n) is 2.02. The molecule has 0 aliphatic rings. The largest absolute Gasteiger partial charge is 0.357 e. The van der Waals surface area contributed by atoms with Crippen LogP contribution >= 0.6 is 22.7 Å². The lowest BCUT2D eigenvalue weighted by Gasteiger charge is -2.14. The fourth-order valence-corrected chi connectivity index (χ4v) is 3.75. The molecule has 0 unspecified atom stereocenters. The molecule has 2 aromatic heterocycles. The van der Waals surface area contributed by atoms with Crippen LogP contribution in [0.25, 0.3) is 0 Å². The van der Waals surface area contributed by atoms with E-state index in [1.807, 2.05) is 6.20 Å². The minimum atomic E-state index is 0.0903. The number of aryl methyl sites for hydroxylation is 1. The fraction of sp³-hybridized carbons (Fsp3) is 0.588. The van der Waals surface area contributed by atoms with Crippen molar-refractivity contribution in [2.24, 2.45) is 4.99 Å². The number of hydrogen-bond donors (Lipinski definition) is 2. The number of hydrogen-bond acceptors (Lipinski definition) is 5. The van der Waals surface area contributed by atoms with Crippen molar-refractivity contribution in [2.45, 2.75) is 53.0 Å². The third-order valence-corrected chi connectivity index (χ3v) is 5.14. The molecule has 7 heteroatoms. The van der Waals surface area contributed by atoms with Crippen LogP contribution in [0, 0.1) is 6.92 Å². The lowest BCUT2D eigenvalue weighted by molar-refractivity contribution is 0.571. The van der Waals surface area contributed by atoms with Crippen molar-refractivity contribution < 1.29 is 0 Å². The molecule has 0 aliphatic heterocycles. The average molecular weight is 366 g/mol. The topological polar surface area (TPSA) is 62.2 Å². The molecule has 2 rings (SSSR count). The van der Waals surface area contributed by atoms with E-state index < -0.39 is 0 Å². The summed E-state index contributed by atoms with van der Waals surface area (Å²) in [5.41, 5.74) is 1.22. The van der Waals surface area contributed by atoms with Crippen molar-refractivity contribution in [1.29, 1.82) is 0 Å². The summed E-state index contributed by atoms with van der Waals surface area (Å²) in [6.45, 7) is 13.0. The third kappa shape index (κ3) is 5.87. The zero-order valence-corrected chi connectivity index (χ0v) is 16.8. The molecule has 0 atom stereocenters. The summed E-state index contributed by atoms with van der Waals surface area (Å²) < 4.78 is 0. The van der Waals surface area contributed by atoms with Crippen LogP contribution in [0.15, 0.2) is 16.6 Å². The van der Waals surface area contributed by atoms with Crippen LogP contribution in [0.4, 0.5) is 0 Å². The summed E-state index contributed by atoms with van der Waals surface area (Å²) in [4.78, 5) is 15.0. The van der Waals surface area contributed by atoms with Gasteiger partial charge in [0, 0.05) is 41.4 Å². The van der Waals surface area contributed by atoms with Gasteiger partial charge in [-0.1, -0.05) is 20.8 Å². The summed E-state index contributed by atoms with van der Waals surface area (Å²) in [7, 11) is 0. The van der Waals surface area contributed by atoms with Crippen LogP contribution in [0.3, 0.4) is 0 Å². The Kier molecular flexibility index (Phi) is 6.74. The Morgan fingerprint density at radius 1 is 1.25 bits per heavy atom. The van der Waals surface area contributed by atoms with Gasteiger partial charge in [-0.3, -0.25) is 0 Å². The van der Waals surface area contributed by atoms with E-state index in [4.69, 9.17) is 4.98 Å². The van der Waals surface area contributed by atoms with Gasteiger partial charge >= 0.3 is 0 Å². The number of aliphatic imine (C=N–C) groups is 1. The molecular weight excluding hydrogens is 338 g/mol. The third-order valence-electron chi connectivity index (χ3n) is 3.34. The zero-order valence-electron chi connectivity index (χ0n) is 15.1. The maximum atomic E-state index is 4.69. The molecule has 0 aromatic carbocycles. The quantitative estimate of drug-likeness (QED) is 0.607. The van der Waals surface area contributed by atoms with E-state index in [0.717, 1.165) is 41.2 Å². The first-order valence-corrected chi connectivity index (χ1v) is 9.96. The minimum Gasteiger partial charge on any atom is -0.357 e. The van der Waals surface area contributed by atoms with Gasteiger partial charge in [-0.25, -0.2) is 15.0 Å². The van der Waals surface area contributed by atoms with Crippen molar-refractivity contribution in [3.63, 3.8) is 0 Å². The number of rotatable bonds is 6.